The summed E-state index contributed by atoms with van der Waals surface area (Å²) in [6.07, 6.45) is 4.81. The molecule has 0 aromatic carbocycles. The van der Waals surface area contributed by atoms with Crippen molar-refractivity contribution in [1.82, 2.24) is 4.90 Å². The summed E-state index contributed by atoms with van der Waals surface area (Å²) >= 11 is 0. The zero-order valence-corrected chi connectivity index (χ0v) is 11.1. The molecular formula is C13H30N2. The van der Waals surface area contributed by atoms with E-state index in [0.717, 1.165) is 12.3 Å². The molecule has 0 bridgehead atoms. The van der Waals surface area contributed by atoms with Crippen LogP contribution >= 0.6 is 0 Å². The van der Waals surface area contributed by atoms with Crippen LogP contribution in [-0.4, -0.2) is 30.6 Å². The van der Waals surface area contributed by atoms with E-state index in [1.807, 2.05) is 0 Å². The summed E-state index contributed by atoms with van der Waals surface area (Å²) in [4.78, 5) is 2.55. The molecule has 0 aliphatic carbocycles. The van der Waals surface area contributed by atoms with E-state index in [0.29, 0.717) is 6.04 Å². The molecule has 0 aliphatic rings. The number of hydrogen-bond donors (Lipinski definition) is 1. The Kier molecular flexibility index (Phi) is 9.12. The molecule has 0 aliphatic heterocycles. The molecule has 0 fully saturated rings. The summed E-state index contributed by atoms with van der Waals surface area (Å²) in [6.45, 7) is 12.7. The zero-order valence-electron chi connectivity index (χ0n) is 11.1. The number of rotatable bonds is 9. The minimum absolute atomic E-state index is 0.410. The number of nitrogens with zero attached hydrogens (tertiary/aromatic N) is 1. The normalized spacial score (nSPS) is 15.6. The maximum Gasteiger partial charge on any atom is 0.00366 e. The van der Waals surface area contributed by atoms with E-state index in [9.17, 15) is 0 Å². The Labute approximate surface area is 96.2 Å². The lowest BCUT2D eigenvalue weighted by Crippen LogP contribution is -2.30. The van der Waals surface area contributed by atoms with Crippen LogP contribution in [0.3, 0.4) is 0 Å². The first-order chi connectivity index (χ1) is 7.13. The highest BCUT2D eigenvalue weighted by molar-refractivity contribution is 4.64. The van der Waals surface area contributed by atoms with Gasteiger partial charge in [-0.3, -0.25) is 0 Å². The Balaban J connectivity index is 3.61. The molecule has 0 amide bonds. The quantitative estimate of drug-likeness (QED) is 0.639. The van der Waals surface area contributed by atoms with E-state index < -0.39 is 0 Å². The van der Waals surface area contributed by atoms with E-state index in [1.165, 1.54) is 38.9 Å². The SMILES string of the molecule is CCC(C)CN(CC)CCCC(N)CC. The van der Waals surface area contributed by atoms with Gasteiger partial charge in [0.1, 0.15) is 0 Å². The third-order valence-electron chi connectivity index (χ3n) is 3.29. The van der Waals surface area contributed by atoms with Gasteiger partial charge in [0.2, 0.25) is 0 Å². The molecule has 0 aromatic heterocycles. The average molecular weight is 214 g/mol. The van der Waals surface area contributed by atoms with Gasteiger partial charge in [0, 0.05) is 12.6 Å². The minimum atomic E-state index is 0.410. The standard InChI is InChI=1S/C13H30N2/c1-5-12(4)11-15(7-3)10-8-9-13(14)6-2/h12-13H,5-11,14H2,1-4H3. The fourth-order valence-corrected chi connectivity index (χ4v) is 1.73. The van der Waals surface area contributed by atoms with Crippen LogP contribution < -0.4 is 5.73 Å². The molecule has 0 radical (unpaired) electrons. The fraction of sp³-hybridized carbons (Fsp3) is 1.00. The van der Waals surface area contributed by atoms with Gasteiger partial charge in [0.15, 0.2) is 0 Å². The highest BCUT2D eigenvalue weighted by atomic mass is 15.1. The van der Waals surface area contributed by atoms with Crippen molar-refractivity contribution in [1.29, 1.82) is 0 Å². The van der Waals surface area contributed by atoms with Crippen LogP contribution in [0.1, 0.15) is 53.4 Å². The van der Waals surface area contributed by atoms with Gasteiger partial charge in [-0.05, 0) is 38.3 Å². The molecule has 0 spiro atoms. The highest BCUT2D eigenvalue weighted by Crippen LogP contribution is 2.06. The minimum Gasteiger partial charge on any atom is -0.328 e. The van der Waals surface area contributed by atoms with Gasteiger partial charge in [0.25, 0.3) is 0 Å². The van der Waals surface area contributed by atoms with Crippen LogP contribution in [0, 0.1) is 5.92 Å². The second kappa shape index (κ2) is 9.17. The maximum absolute atomic E-state index is 5.91. The van der Waals surface area contributed by atoms with Gasteiger partial charge in [-0.15, -0.1) is 0 Å². The third-order valence-corrected chi connectivity index (χ3v) is 3.29. The lowest BCUT2D eigenvalue weighted by Gasteiger charge is -2.24. The van der Waals surface area contributed by atoms with Crippen LogP contribution in [0.5, 0.6) is 0 Å². The predicted octanol–water partition coefficient (Wildman–Crippen LogP) is 2.87. The molecule has 0 heterocycles. The van der Waals surface area contributed by atoms with Gasteiger partial charge in [0.05, 0.1) is 0 Å². The fourth-order valence-electron chi connectivity index (χ4n) is 1.73. The van der Waals surface area contributed by atoms with E-state index in [2.05, 4.69) is 32.6 Å². The van der Waals surface area contributed by atoms with E-state index in [-0.39, 0.29) is 0 Å². The largest absolute Gasteiger partial charge is 0.328 e. The average Bonchev–Trinajstić information content (AvgIpc) is 2.26. The van der Waals surface area contributed by atoms with Crippen molar-refractivity contribution in [2.45, 2.75) is 59.4 Å². The van der Waals surface area contributed by atoms with Crippen LogP contribution in [0.25, 0.3) is 0 Å². The van der Waals surface area contributed by atoms with Crippen LogP contribution in [-0.2, 0) is 0 Å². The lowest BCUT2D eigenvalue weighted by molar-refractivity contribution is 0.239. The molecule has 0 saturated heterocycles. The second-order valence-electron chi connectivity index (χ2n) is 4.72. The van der Waals surface area contributed by atoms with Gasteiger partial charge >= 0.3 is 0 Å². The molecule has 2 unspecified atom stereocenters. The van der Waals surface area contributed by atoms with Crippen molar-refractivity contribution in [2.75, 3.05) is 19.6 Å². The Morgan fingerprint density at radius 2 is 1.80 bits per heavy atom. The first kappa shape index (κ1) is 14.9. The van der Waals surface area contributed by atoms with Crippen molar-refractivity contribution < 1.29 is 0 Å². The Bertz CT molecular complexity index is 136. The van der Waals surface area contributed by atoms with Crippen molar-refractivity contribution >= 4 is 0 Å². The summed E-state index contributed by atoms with van der Waals surface area (Å²) in [6, 6.07) is 0.410. The molecule has 0 rings (SSSR count). The Morgan fingerprint density at radius 1 is 1.13 bits per heavy atom. The molecule has 92 valence electrons. The molecule has 2 heteroatoms. The lowest BCUT2D eigenvalue weighted by atomic mass is 10.1. The van der Waals surface area contributed by atoms with Crippen molar-refractivity contribution in [3.05, 3.63) is 0 Å². The molecule has 0 aromatic rings. The summed E-state index contributed by atoms with van der Waals surface area (Å²) in [5, 5.41) is 0. The predicted molar refractivity (Wildman–Crippen MR) is 69.1 cm³/mol. The first-order valence-electron chi connectivity index (χ1n) is 6.61. The topological polar surface area (TPSA) is 29.3 Å². The van der Waals surface area contributed by atoms with Gasteiger partial charge < -0.3 is 10.6 Å². The molecule has 15 heavy (non-hydrogen) atoms. The van der Waals surface area contributed by atoms with E-state index in [4.69, 9.17) is 5.73 Å². The van der Waals surface area contributed by atoms with Crippen LogP contribution in [0.2, 0.25) is 0 Å². The molecule has 2 atom stereocenters. The first-order valence-corrected chi connectivity index (χ1v) is 6.61. The Hall–Kier alpha value is -0.0800. The summed E-state index contributed by atoms with van der Waals surface area (Å²) in [5.41, 5.74) is 5.91. The van der Waals surface area contributed by atoms with Gasteiger partial charge in [-0.1, -0.05) is 34.1 Å². The van der Waals surface area contributed by atoms with E-state index >= 15 is 0 Å². The summed E-state index contributed by atoms with van der Waals surface area (Å²) in [7, 11) is 0. The van der Waals surface area contributed by atoms with Gasteiger partial charge in [-0.25, -0.2) is 0 Å². The molecule has 2 nitrogen and oxygen atoms in total. The number of hydrogen-bond acceptors (Lipinski definition) is 2. The second-order valence-corrected chi connectivity index (χ2v) is 4.72. The van der Waals surface area contributed by atoms with Crippen molar-refractivity contribution in [2.24, 2.45) is 11.7 Å². The highest BCUT2D eigenvalue weighted by Gasteiger charge is 2.07. The van der Waals surface area contributed by atoms with Crippen molar-refractivity contribution in [3.63, 3.8) is 0 Å². The summed E-state index contributed by atoms with van der Waals surface area (Å²) < 4.78 is 0. The van der Waals surface area contributed by atoms with Gasteiger partial charge in [-0.2, -0.15) is 0 Å². The third kappa shape index (κ3) is 7.80. The number of nitrogens with two attached hydrogens (primary N) is 1. The van der Waals surface area contributed by atoms with Crippen molar-refractivity contribution in [3.8, 4) is 0 Å². The van der Waals surface area contributed by atoms with E-state index in [1.54, 1.807) is 0 Å². The van der Waals surface area contributed by atoms with Crippen LogP contribution in [0.4, 0.5) is 0 Å². The molecular weight excluding hydrogens is 184 g/mol. The molecule has 0 saturated carbocycles. The summed E-state index contributed by atoms with van der Waals surface area (Å²) in [5.74, 6) is 0.824. The van der Waals surface area contributed by atoms with Crippen LogP contribution in [0.15, 0.2) is 0 Å². The smallest absolute Gasteiger partial charge is 0.00366 e. The monoisotopic (exact) mass is 214 g/mol. The zero-order chi connectivity index (χ0) is 11.7. The molecule has 2 N–H and O–H groups in total. The maximum atomic E-state index is 5.91. The Morgan fingerprint density at radius 3 is 2.27 bits per heavy atom.